The van der Waals surface area contributed by atoms with E-state index in [0.29, 0.717) is 0 Å². The van der Waals surface area contributed by atoms with Gasteiger partial charge in [0.15, 0.2) is 5.16 Å². The van der Waals surface area contributed by atoms with Crippen LogP contribution in [-0.4, -0.2) is 16.2 Å². The third kappa shape index (κ3) is 1.59. The summed E-state index contributed by atoms with van der Waals surface area (Å²) >= 11 is 1.48. The number of hydrogen-bond acceptors (Lipinski definition) is 3. The molecule has 0 atom stereocenters. The highest BCUT2D eigenvalue weighted by molar-refractivity contribution is 7.98. The van der Waals surface area contributed by atoms with Gasteiger partial charge < -0.3 is 4.98 Å². The molecule has 0 radical (unpaired) electrons. The summed E-state index contributed by atoms with van der Waals surface area (Å²) in [6.45, 7) is 4.35. The summed E-state index contributed by atoms with van der Waals surface area (Å²) < 4.78 is 0. The number of aromatic nitrogens is 2. The van der Waals surface area contributed by atoms with Gasteiger partial charge in [-0.3, -0.25) is 4.79 Å². The van der Waals surface area contributed by atoms with E-state index >= 15 is 0 Å². The van der Waals surface area contributed by atoms with Crippen molar-refractivity contribution in [3.63, 3.8) is 0 Å². The number of H-pyrrole nitrogens is 1. The van der Waals surface area contributed by atoms with Gasteiger partial charge in [0.25, 0.3) is 5.56 Å². The van der Waals surface area contributed by atoms with Gasteiger partial charge in [-0.1, -0.05) is 25.6 Å². The second kappa shape index (κ2) is 3.12. The predicted octanol–water partition coefficient (Wildman–Crippen LogP) is 1.62. The highest BCUT2D eigenvalue weighted by atomic mass is 32.2. The van der Waals surface area contributed by atoms with E-state index in [1.54, 1.807) is 0 Å². The first-order chi connectivity index (χ1) is 6.52. The molecule has 0 saturated heterocycles. The molecule has 1 aromatic rings. The molecule has 0 unspecified atom stereocenters. The van der Waals surface area contributed by atoms with Gasteiger partial charge in [0.2, 0.25) is 0 Å². The zero-order valence-corrected chi connectivity index (χ0v) is 9.49. The molecule has 1 N–H and O–H groups in total. The molecule has 4 heteroatoms. The first-order valence-electron chi connectivity index (χ1n) is 4.68. The van der Waals surface area contributed by atoms with Gasteiger partial charge in [-0.2, -0.15) is 0 Å². The minimum Gasteiger partial charge on any atom is -0.301 e. The fourth-order valence-corrected chi connectivity index (χ4v) is 2.34. The Labute approximate surface area is 87.3 Å². The Morgan fingerprint density at radius 1 is 1.43 bits per heavy atom. The van der Waals surface area contributed by atoms with Gasteiger partial charge in [0.05, 0.1) is 5.69 Å². The van der Waals surface area contributed by atoms with E-state index in [9.17, 15) is 4.79 Å². The molecule has 14 heavy (non-hydrogen) atoms. The molecule has 1 heterocycles. The van der Waals surface area contributed by atoms with Crippen LogP contribution in [0.3, 0.4) is 0 Å². The van der Waals surface area contributed by atoms with E-state index in [0.717, 1.165) is 29.3 Å². The van der Waals surface area contributed by atoms with Crippen molar-refractivity contribution >= 4 is 11.8 Å². The standard InChI is InChI=1S/C10H14N2OS/c1-10(2)4-6-7(5-10)11-9(14-3)12-8(6)13/h4-5H2,1-3H3,(H,11,12,13). The van der Waals surface area contributed by atoms with Gasteiger partial charge in [0.1, 0.15) is 0 Å². The molecule has 1 aliphatic rings. The molecule has 76 valence electrons. The van der Waals surface area contributed by atoms with Gasteiger partial charge in [0, 0.05) is 5.56 Å². The zero-order valence-electron chi connectivity index (χ0n) is 8.68. The monoisotopic (exact) mass is 210 g/mol. The van der Waals surface area contributed by atoms with Crippen LogP contribution in [0.15, 0.2) is 9.95 Å². The molecule has 3 nitrogen and oxygen atoms in total. The number of thioether (sulfide) groups is 1. The fraction of sp³-hybridized carbons (Fsp3) is 0.600. The maximum atomic E-state index is 11.7. The summed E-state index contributed by atoms with van der Waals surface area (Å²) in [4.78, 5) is 18.9. The van der Waals surface area contributed by atoms with Crippen LogP contribution in [0, 0.1) is 5.41 Å². The van der Waals surface area contributed by atoms with E-state index in [1.165, 1.54) is 11.8 Å². The molecule has 2 rings (SSSR count). The quantitative estimate of drug-likeness (QED) is 0.566. The Morgan fingerprint density at radius 2 is 2.14 bits per heavy atom. The average molecular weight is 210 g/mol. The second-order valence-electron chi connectivity index (χ2n) is 4.52. The Bertz CT molecular complexity index is 423. The van der Waals surface area contributed by atoms with Gasteiger partial charge in [-0.05, 0) is 24.5 Å². The van der Waals surface area contributed by atoms with E-state index < -0.39 is 0 Å². The number of rotatable bonds is 1. The SMILES string of the molecule is CSc1nc2c(c(=O)[nH]1)CC(C)(C)C2. The van der Waals surface area contributed by atoms with Gasteiger partial charge in [-0.25, -0.2) is 4.98 Å². The van der Waals surface area contributed by atoms with Crippen molar-refractivity contribution in [2.75, 3.05) is 6.26 Å². The maximum absolute atomic E-state index is 11.7. The zero-order chi connectivity index (χ0) is 10.3. The number of aromatic amines is 1. The minimum absolute atomic E-state index is 0.0462. The summed E-state index contributed by atoms with van der Waals surface area (Å²) in [6.07, 6.45) is 3.68. The Morgan fingerprint density at radius 3 is 2.79 bits per heavy atom. The molecule has 1 aromatic heterocycles. The summed E-state index contributed by atoms with van der Waals surface area (Å²) in [5, 5.41) is 0.728. The number of fused-ring (bicyclic) bond motifs is 1. The van der Waals surface area contributed by atoms with Crippen molar-refractivity contribution in [3.05, 3.63) is 21.6 Å². The van der Waals surface area contributed by atoms with Crippen LogP contribution in [0.1, 0.15) is 25.1 Å². The van der Waals surface area contributed by atoms with Crippen LogP contribution >= 0.6 is 11.8 Å². The van der Waals surface area contributed by atoms with E-state index in [1.807, 2.05) is 6.26 Å². The van der Waals surface area contributed by atoms with Crippen LogP contribution in [-0.2, 0) is 12.8 Å². The molecular weight excluding hydrogens is 196 g/mol. The summed E-state index contributed by atoms with van der Waals surface area (Å²) in [7, 11) is 0. The molecule has 0 aromatic carbocycles. The molecular formula is C10H14N2OS. The lowest BCUT2D eigenvalue weighted by Gasteiger charge is -2.13. The lowest BCUT2D eigenvalue weighted by atomic mass is 9.91. The molecule has 0 aliphatic heterocycles. The van der Waals surface area contributed by atoms with Crippen LogP contribution in [0.25, 0.3) is 0 Å². The van der Waals surface area contributed by atoms with Crippen molar-refractivity contribution in [1.29, 1.82) is 0 Å². The first-order valence-corrected chi connectivity index (χ1v) is 5.90. The summed E-state index contributed by atoms with van der Waals surface area (Å²) in [5.74, 6) is 0. The smallest absolute Gasteiger partial charge is 0.254 e. The molecule has 0 amide bonds. The lowest BCUT2D eigenvalue weighted by molar-refractivity contribution is 0.390. The summed E-state index contributed by atoms with van der Waals surface area (Å²) in [5.41, 5.74) is 2.11. The van der Waals surface area contributed by atoms with E-state index in [4.69, 9.17) is 0 Å². The molecule has 0 fully saturated rings. The highest BCUT2D eigenvalue weighted by Gasteiger charge is 2.31. The topological polar surface area (TPSA) is 45.8 Å². The third-order valence-corrected chi connectivity index (χ3v) is 3.15. The van der Waals surface area contributed by atoms with Crippen molar-refractivity contribution in [3.8, 4) is 0 Å². The average Bonchev–Trinajstić information content (AvgIpc) is 2.40. The normalized spacial score (nSPS) is 18.2. The Kier molecular flexibility index (Phi) is 2.18. The van der Waals surface area contributed by atoms with E-state index in [2.05, 4.69) is 23.8 Å². The lowest BCUT2D eigenvalue weighted by Crippen LogP contribution is -2.16. The number of hydrogen-bond donors (Lipinski definition) is 1. The second-order valence-corrected chi connectivity index (χ2v) is 5.31. The molecule has 0 saturated carbocycles. The largest absolute Gasteiger partial charge is 0.301 e. The van der Waals surface area contributed by atoms with Crippen LogP contribution in [0.5, 0.6) is 0 Å². The van der Waals surface area contributed by atoms with Crippen LogP contribution in [0.4, 0.5) is 0 Å². The molecule has 1 aliphatic carbocycles. The van der Waals surface area contributed by atoms with Crippen LogP contribution in [0.2, 0.25) is 0 Å². The number of nitrogens with one attached hydrogen (secondary N) is 1. The molecule has 0 bridgehead atoms. The van der Waals surface area contributed by atoms with Crippen molar-refractivity contribution in [1.82, 2.24) is 9.97 Å². The number of nitrogens with zero attached hydrogens (tertiary/aromatic N) is 1. The predicted molar refractivity (Wildman–Crippen MR) is 57.8 cm³/mol. The fourth-order valence-electron chi connectivity index (χ4n) is 1.94. The summed E-state index contributed by atoms with van der Waals surface area (Å²) in [6, 6.07) is 0. The van der Waals surface area contributed by atoms with Crippen LogP contribution < -0.4 is 5.56 Å². The Balaban J connectivity index is 2.53. The molecule has 0 spiro atoms. The highest BCUT2D eigenvalue weighted by Crippen LogP contribution is 2.33. The van der Waals surface area contributed by atoms with E-state index in [-0.39, 0.29) is 11.0 Å². The van der Waals surface area contributed by atoms with Crippen molar-refractivity contribution < 1.29 is 0 Å². The van der Waals surface area contributed by atoms with Gasteiger partial charge in [-0.15, -0.1) is 0 Å². The Hall–Kier alpha value is -0.770. The minimum atomic E-state index is 0.0462. The third-order valence-electron chi connectivity index (χ3n) is 2.57. The van der Waals surface area contributed by atoms with Gasteiger partial charge >= 0.3 is 0 Å². The van der Waals surface area contributed by atoms with Crippen molar-refractivity contribution in [2.45, 2.75) is 31.8 Å². The maximum Gasteiger partial charge on any atom is 0.254 e. The first kappa shape index (κ1) is 9.77. The van der Waals surface area contributed by atoms with Crippen molar-refractivity contribution in [2.24, 2.45) is 5.41 Å².